The predicted octanol–water partition coefficient (Wildman–Crippen LogP) is 4.11. The van der Waals surface area contributed by atoms with Gasteiger partial charge < -0.3 is 9.64 Å². The van der Waals surface area contributed by atoms with Crippen LogP contribution in [0.2, 0.25) is 0 Å². The van der Waals surface area contributed by atoms with Crippen molar-refractivity contribution in [3.8, 4) is 28.2 Å². The molecule has 0 spiro atoms. The van der Waals surface area contributed by atoms with Crippen LogP contribution in [-0.4, -0.2) is 64.9 Å². The zero-order chi connectivity index (χ0) is 24.4. The highest BCUT2D eigenvalue weighted by atomic mass is 79.9. The van der Waals surface area contributed by atoms with Crippen LogP contribution in [0.1, 0.15) is 24.2 Å². The van der Waals surface area contributed by atoms with Crippen molar-refractivity contribution in [1.82, 2.24) is 39.6 Å². The van der Waals surface area contributed by atoms with Crippen LogP contribution in [0.25, 0.3) is 33.8 Å². The second-order valence-corrected chi connectivity index (χ2v) is 10.4. The van der Waals surface area contributed by atoms with Gasteiger partial charge in [0.25, 0.3) is 0 Å². The number of pyridine rings is 1. The first-order valence-corrected chi connectivity index (χ1v) is 12.8. The summed E-state index contributed by atoms with van der Waals surface area (Å²) in [6, 6.07) is 6.09. The fourth-order valence-electron chi connectivity index (χ4n) is 5.47. The van der Waals surface area contributed by atoms with Crippen molar-refractivity contribution < 1.29 is 4.74 Å². The van der Waals surface area contributed by atoms with Crippen LogP contribution in [0.4, 0.5) is 5.82 Å². The van der Waals surface area contributed by atoms with Gasteiger partial charge in [0.1, 0.15) is 5.82 Å². The average molecular weight is 546 g/mol. The monoisotopic (exact) mass is 545 g/mol. The van der Waals surface area contributed by atoms with Crippen molar-refractivity contribution in [1.29, 1.82) is 0 Å². The molecule has 7 rings (SSSR count). The quantitative estimate of drug-likeness (QED) is 0.362. The molecular formula is C25H24BrN9O. The highest BCUT2D eigenvalue weighted by Crippen LogP contribution is 2.36. The molecule has 2 unspecified atom stereocenters. The first-order chi connectivity index (χ1) is 17.5. The lowest BCUT2D eigenvalue weighted by molar-refractivity contribution is 0.0302. The molecule has 2 aliphatic rings. The smallest absolute Gasteiger partial charge is 0.167 e. The summed E-state index contributed by atoms with van der Waals surface area (Å²) in [4.78, 5) is 11.8. The second-order valence-electron chi connectivity index (χ2n) is 9.44. The van der Waals surface area contributed by atoms with Gasteiger partial charge in [-0.1, -0.05) is 0 Å². The van der Waals surface area contributed by atoms with E-state index >= 15 is 0 Å². The normalized spacial score (nSPS) is 19.5. The number of H-pyrrole nitrogens is 1. The molecule has 0 saturated carbocycles. The van der Waals surface area contributed by atoms with Crippen molar-refractivity contribution in [2.24, 2.45) is 0 Å². The fourth-order valence-corrected chi connectivity index (χ4v) is 5.82. The summed E-state index contributed by atoms with van der Waals surface area (Å²) in [5, 5.41) is 16.8. The molecule has 2 atom stereocenters. The van der Waals surface area contributed by atoms with Crippen LogP contribution in [0.15, 0.2) is 47.5 Å². The Bertz CT molecular complexity index is 1580. The lowest BCUT2D eigenvalue weighted by Gasteiger charge is -2.33. The topological polar surface area (TPSA) is 102 Å². The van der Waals surface area contributed by atoms with Gasteiger partial charge in [-0.2, -0.15) is 15.3 Å². The third-order valence-electron chi connectivity index (χ3n) is 7.10. The molecule has 10 nitrogen and oxygen atoms in total. The summed E-state index contributed by atoms with van der Waals surface area (Å²) in [5.74, 6) is 0.926. The molecule has 2 aliphatic heterocycles. The number of fused-ring (bicyclic) bond motifs is 3. The minimum atomic E-state index is 0.262. The number of nitrogens with one attached hydrogen (secondary N) is 1. The van der Waals surface area contributed by atoms with Crippen molar-refractivity contribution in [3.63, 3.8) is 0 Å². The molecular weight excluding hydrogens is 522 g/mol. The number of nitrogens with zero attached hydrogens (tertiary/aromatic N) is 8. The molecule has 2 saturated heterocycles. The summed E-state index contributed by atoms with van der Waals surface area (Å²) >= 11 is 3.53. The number of ether oxygens (including phenoxy) is 1. The number of aromatic amines is 1. The third-order valence-corrected chi connectivity index (χ3v) is 7.53. The van der Waals surface area contributed by atoms with Gasteiger partial charge in [-0.25, -0.2) is 14.2 Å². The molecule has 2 bridgehead atoms. The number of aromatic nitrogens is 8. The average Bonchev–Trinajstić information content (AvgIpc) is 3.66. The molecule has 36 heavy (non-hydrogen) atoms. The van der Waals surface area contributed by atoms with Crippen molar-refractivity contribution >= 4 is 27.4 Å². The molecule has 7 heterocycles. The highest BCUT2D eigenvalue weighted by Gasteiger charge is 2.35. The molecule has 0 radical (unpaired) electrons. The summed E-state index contributed by atoms with van der Waals surface area (Å²) < 4.78 is 10.8. The van der Waals surface area contributed by atoms with E-state index < -0.39 is 0 Å². The maximum absolute atomic E-state index is 6.10. The van der Waals surface area contributed by atoms with Gasteiger partial charge in [0.2, 0.25) is 0 Å². The zero-order valence-corrected chi connectivity index (χ0v) is 21.5. The number of morpholine rings is 1. The summed E-state index contributed by atoms with van der Waals surface area (Å²) in [6.07, 6.45) is 9.91. The van der Waals surface area contributed by atoms with Gasteiger partial charge in [-0.15, -0.1) is 0 Å². The van der Waals surface area contributed by atoms with Crippen LogP contribution in [0.5, 0.6) is 0 Å². The first-order valence-electron chi connectivity index (χ1n) is 12.0. The molecule has 5 aromatic rings. The predicted molar refractivity (Wildman–Crippen MR) is 138 cm³/mol. The van der Waals surface area contributed by atoms with E-state index in [0.29, 0.717) is 0 Å². The van der Waals surface area contributed by atoms with E-state index in [9.17, 15) is 0 Å². The summed E-state index contributed by atoms with van der Waals surface area (Å²) in [5.41, 5.74) is 7.35. The fraction of sp³-hybridized carbons (Fsp3) is 0.320. The molecule has 0 amide bonds. The molecule has 5 aromatic heterocycles. The second kappa shape index (κ2) is 8.24. The van der Waals surface area contributed by atoms with E-state index in [1.165, 1.54) is 0 Å². The number of aryl methyl sites for hydroxylation is 1. The molecule has 0 aliphatic carbocycles. The van der Waals surface area contributed by atoms with Crippen LogP contribution >= 0.6 is 15.9 Å². The standard InChI is InChI=1S/C25H24BrN9O/c1-14-24(15(2)34(32-14)17-7-16(26)9-27-10-17)22-8-23(33-12-18-3-4-19(13-33)36-18)30-25-20(11-29-35(22)25)21-5-6-28-31-21/h5-11,18-19H,3-4,12-13H2,1-2H3,(H,28,31). The number of anilines is 1. The van der Waals surface area contributed by atoms with E-state index in [0.717, 1.165) is 81.5 Å². The Balaban J connectivity index is 1.44. The summed E-state index contributed by atoms with van der Waals surface area (Å²) in [7, 11) is 0. The first kappa shape index (κ1) is 21.7. The highest BCUT2D eigenvalue weighted by molar-refractivity contribution is 9.10. The number of hydrogen-bond donors (Lipinski definition) is 1. The molecule has 11 heteroatoms. The van der Waals surface area contributed by atoms with E-state index in [2.05, 4.69) is 49.0 Å². The lowest BCUT2D eigenvalue weighted by Crippen LogP contribution is -2.43. The van der Waals surface area contributed by atoms with E-state index in [1.54, 1.807) is 12.4 Å². The van der Waals surface area contributed by atoms with Crippen molar-refractivity contribution in [2.75, 3.05) is 18.0 Å². The Hall–Kier alpha value is -3.57. The van der Waals surface area contributed by atoms with Gasteiger partial charge in [-0.05, 0) is 54.8 Å². The van der Waals surface area contributed by atoms with Crippen LogP contribution in [0.3, 0.4) is 0 Å². The molecule has 182 valence electrons. The maximum atomic E-state index is 6.10. The van der Waals surface area contributed by atoms with Gasteiger partial charge in [0.05, 0.1) is 58.6 Å². The number of rotatable bonds is 4. The van der Waals surface area contributed by atoms with E-state index in [-0.39, 0.29) is 12.2 Å². The largest absolute Gasteiger partial charge is 0.371 e. The zero-order valence-electron chi connectivity index (χ0n) is 19.9. The minimum absolute atomic E-state index is 0.262. The number of hydrogen-bond acceptors (Lipinski definition) is 7. The third kappa shape index (κ3) is 3.45. The maximum Gasteiger partial charge on any atom is 0.167 e. The minimum Gasteiger partial charge on any atom is -0.371 e. The Labute approximate surface area is 215 Å². The molecule has 2 fully saturated rings. The van der Waals surface area contributed by atoms with Crippen molar-refractivity contribution in [3.05, 3.63) is 58.8 Å². The van der Waals surface area contributed by atoms with Crippen LogP contribution in [-0.2, 0) is 4.74 Å². The Morgan fingerprint density at radius 3 is 2.67 bits per heavy atom. The summed E-state index contributed by atoms with van der Waals surface area (Å²) in [6.45, 7) is 5.79. The Kier molecular flexibility index (Phi) is 4.97. The van der Waals surface area contributed by atoms with Gasteiger partial charge in [0, 0.05) is 41.6 Å². The lowest BCUT2D eigenvalue weighted by atomic mass is 10.1. The van der Waals surface area contributed by atoms with Crippen LogP contribution in [0, 0.1) is 13.8 Å². The van der Waals surface area contributed by atoms with Gasteiger partial charge in [0.15, 0.2) is 5.65 Å². The van der Waals surface area contributed by atoms with Gasteiger partial charge in [-0.3, -0.25) is 10.1 Å². The number of halogens is 1. The van der Waals surface area contributed by atoms with Crippen molar-refractivity contribution in [2.45, 2.75) is 38.9 Å². The van der Waals surface area contributed by atoms with E-state index in [1.807, 2.05) is 40.6 Å². The SMILES string of the molecule is Cc1nn(-c2cncc(Br)c2)c(C)c1-c1cc(N2CC3CCC(C2)O3)nc2c(-c3ccn[nH]3)cnn12. The Morgan fingerprint density at radius 1 is 1.08 bits per heavy atom. The van der Waals surface area contributed by atoms with E-state index in [4.69, 9.17) is 19.9 Å². The molecule has 0 aromatic carbocycles. The van der Waals surface area contributed by atoms with Crippen LogP contribution < -0.4 is 4.90 Å². The Morgan fingerprint density at radius 2 is 1.92 bits per heavy atom. The molecule has 1 N–H and O–H groups in total. The van der Waals surface area contributed by atoms with Gasteiger partial charge >= 0.3 is 0 Å².